The van der Waals surface area contributed by atoms with E-state index in [2.05, 4.69) is 42.5 Å². The molecular formula is C41H70N14O10S2. The van der Waals surface area contributed by atoms with Crippen LogP contribution in [-0.2, 0) is 49.6 Å². The van der Waals surface area contributed by atoms with Crippen LogP contribution in [0.1, 0.15) is 58.4 Å². The summed E-state index contributed by atoms with van der Waals surface area (Å²) in [5, 5.41) is 30.6. The number of nitrogens with two attached hydrogens (primary N) is 6. The highest BCUT2D eigenvalue weighted by molar-refractivity contribution is 8.76. The number of nitrogens with one attached hydrogen (secondary N) is 8. The molecule has 21 N–H and O–H groups in total. The summed E-state index contributed by atoms with van der Waals surface area (Å²) < 4.78 is 0. The Morgan fingerprint density at radius 2 is 1.12 bits per heavy atom. The maximum absolute atomic E-state index is 14.2. The molecule has 0 saturated carbocycles. The molecule has 0 aromatic heterocycles. The fourth-order valence-electron chi connectivity index (χ4n) is 6.51. The molecule has 1 saturated heterocycles. The third-order valence-electron chi connectivity index (χ3n) is 10.3. The van der Waals surface area contributed by atoms with Crippen LogP contribution in [0.3, 0.4) is 0 Å². The molecule has 0 aliphatic carbocycles. The van der Waals surface area contributed by atoms with Crippen molar-refractivity contribution in [3.63, 3.8) is 0 Å². The number of hydrogen-bond acceptors (Lipinski definition) is 17. The molecule has 0 unspecified atom stereocenters. The lowest BCUT2D eigenvalue weighted by Gasteiger charge is -2.28. The number of primary amides is 1. The molecule has 10 atom stereocenters. The molecule has 1 aromatic rings. The molecule has 1 fully saturated rings. The Morgan fingerprint density at radius 3 is 1.61 bits per heavy atom. The van der Waals surface area contributed by atoms with Gasteiger partial charge in [0.05, 0.1) is 6.10 Å². The molecule has 1 aliphatic heterocycles. The van der Waals surface area contributed by atoms with Gasteiger partial charge in [-0.3, -0.25) is 43.2 Å². The minimum absolute atomic E-state index is 0.0632. The van der Waals surface area contributed by atoms with Gasteiger partial charge in [0.15, 0.2) is 0 Å². The van der Waals surface area contributed by atoms with Gasteiger partial charge in [-0.1, -0.05) is 65.8 Å². The first-order valence-corrected chi connectivity index (χ1v) is 24.5. The predicted octanol–water partition coefficient (Wildman–Crippen LogP) is -5.86. The number of carbonyl (C=O) groups is 9. The molecule has 26 heteroatoms. The summed E-state index contributed by atoms with van der Waals surface area (Å²) in [7, 11) is 1.95. The van der Waals surface area contributed by atoms with Crippen molar-refractivity contribution < 1.29 is 48.3 Å². The zero-order chi connectivity index (χ0) is 50.2. The first-order chi connectivity index (χ1) is 31.8. The van der Waals surface area contributed by atoms with Gasteiger partial charge in [0.2, 0.25) is 53.2 Å². The van der Waals surface area contributed by atoms with E-state index in [9.17, 15) is 48.3 Å². The maximum Gasteiger partial charge on any atom is 0.244 e. The van der Waals surface area contributed by atoms with E-state index in [0.29, 0.717) is 5.56 Å². The van der Waals surface area contributed by atoms with Crippen molar-refractivity contribution in [2.24, 2.45) is 40.3 Å². The number of hydrogen-bond donors (Lipinski definition) is 15. The summed E-state index contributed by atoms with van der Waals surface area (Å²) in [5.74, 6) is -8.16. The molecular weight excluding hydrogens is 913 g/mol. The number of carbonyl (C=O) groups excluding carboxylic acids is 9. The van der Waals surface area contributed by atoms with Gasteiger partial charge in [0.1, 0.15) is 54.4 Å². The zero-order valence-corrected chi connectivity index (χ0v) is 39.8. The molecule has 9 amide bonds. The van der Waals surface area contributed by atoms with Crippen LogP contribution in [0.15, 0.2) is 30.3 Å². The first-order valence-electron chi connectivity index (χ1n) is 22.0. The van der Waals surface area contributed by atoms with E-state index in [4.69, 9.17) is 34.4 Å². The van der Waals surface area contributed by atoms with Gasteiger partial charge in [-0.2, -0.15) is 0 Å². The van der Waals surface area contributed by atoms with Gasteiger partial charge in [-0.25, -0.2) is 0 Å². The third kappa shape index (κ3) is 20.4. The van der Waals surface area contributed by atoms with E-state index in [1.54, 1.807) is 44.2 Å². The van der Waals surface area contributed by atoms with Crippen LogP contribution in [0.2, 0.25) is 0 Å². The Kier molecular flexibility index (Phi) is 26.3. The van der Waals surface area contributed by atoms with E-state index in [1.165, 1.54) is 6.92 Å². The van der Waals surface area contributed by atoms with Crippen molar-refractivity contribution in [2.45, 2.75) is 120 Å². The smallest absolute Gasteiger partial charge is 0.244 e. The second-order valence-corrected chi connectivity index (χ2v) is 18.9. The molecule has 0 bridgehead atoms. The van der Waals surface area contributed by atoms with Crippen LogP contribution in [0, 0.1) is 5.92 Å². The molecule has 2 rings (SSSR count). The normalized spacial score (nSPS) is 24.6. The Hall–Kier alpha value is -5.09. The van der Waals surface area contributed by atoms with E-state index in [0.717, 1.165) is 21.6 Å². The number of rotatable bonds is 18. The van der Waals surface area contributed by atoms with E-state index in [-0.39, 0.29) is 82.1 Å². The minimum atomic E-state index is -1.45. The monoisotopic (exact) mass is 982 g/mol. The molecule has 376 valence electrons. The number of benzene rings is 1. The lowest BCUT2D eigenvalue weighted by atomic mass is 10.00. The zero-order valence-electron chi connectivity index (χ0n) is 38.1. The van der Waals surface area contributed by atoms with Crippen LogP contribution in [-0.4, -0.2) is 156 Å². The van der Waals surface area contributed by atoms with Crippen LogP contribution in [0.25, 0.3) is 0 Å². The van der Waals surface area contributed by atoms with Crippen molar-refractivity contribution in [3.8, 4) is 0 Å². The molecule has 67 heavy (non-hydrogen) atoms. The second-order valence-electron chi connectivity index (χ2n) is 16.4. The SMILES string of the molecule is CC(C)C[C@@H]1NC(=O)[C@@H](Cc2ccccc2)NC(=O)[C@H](CCN)NC(=O)[C@@H](NC(=O)[C@H](CCN)NC(=O)[C@@H](N)[C@@H](C)O)CSSC[C@H](C(N)=O)NC(=O)[C@H](CCN)NC(=O)[C@H](CCN)NC1=O. The summed E-state index contributed by atoms with van der Waals surface area (Å²) in [6.07, 6.45) is -1.66. The van der Waals surface area contributed by atoms with Gasteiger partial charge < -0.3 is 82.0 Å². The summed E-state index contributed by atoms with van der Waals surface area (Å²) in [4.78, 5) is 123. The lowest BCUT2D eigenvalue weighted by molar-refractivity contribution is -0.136. The Morgan fingerprint density at radius 1 is 0.657 bits per heavy atom. The van der Waals surface area contributed by atoms with E-state index < -0.39 is 114 Å². The maximum atomic E-state index is 14.2. The second kappa shape index (κ2) is 30.3. The van der Waals surface area contributed by atoms with Crippen LogP contribution in [0.4, 0.5) is 0 Å². The third-order valence-corrected chi connectivity index (χ3v) is 12.7. The quantitative estimate of drug-likeness (QED) is 0.0609. The average molecular weight is 983 g/mol. The molecule has 1 heterocycles. The largest absolute Gasteiger partial charge is 0.391 e. The summed E-state index contributed by atoms with van der Waals surface area (Å²) in [5.41, 5.74) is 35.3. The van der Waals surface area contributed by atoms with Gasteiger partial charge in [0, 0.05) is 17.9 Å². The Labute approximate surface area is 398 Å². The molecule has 1 aliphatic rings. The predicted molar refractivity (Wildman–Crippen MR) is 253 cm³/mol. The highest BCUT2D eigenvalue weighted by Crippen LogP contribution is 2.23. The Bertz CT molecular complexity index is 1820. The number of aliphatic hydroxyl groups is 1. The molecule has 1 aromatic carbocycles. The van der Waals surface area contributed by atoms with Gasteiger partial charge in [-0.05, 0) is 76.7 Å². The highest BCUT2D eigenvalue weighted by atomic mass is 33.1. The molecule has 0 radical (unpaired) electrons. The van der Waals surface area contributed by atoms with Crippen molar-refractivity contribution >= 4 is 74.8 Å². The van der Waals surface area contributed by atoms with Crippen LogP contribution < -0.4 is 76.9 Å². The summed E-state index contributed by atoms with van der Waals surface area (Å²) in [6.45, 7) is 4.54. The fraction of sp³-hybridized carbons (Fsp3) is 0.634. The first kappa shape index (κ1) is 58.0. The summed E-state index contributed by atoms with van der Waals surface area (Å²) in [6, 6.07) is -3.37. The minimum Gasteiger partial charge on any atom is -0.391 e. The van der Waals surface area contributed by atoms with Gasteiger partial charge in [0.25, 0.3) is 0 Å². The summed E-state index contributed by atoms with van der Waals surface area (Å²) >= 11 is 0. The van der Waals surface area contributed by atoms with Crippen molar-refractivity contribution in [2.75, 3.05) is 37.7 Å². The van der Waals surface area contributed by atoms with Crippen molar-refractivity contribution in [3.05, 3.63) is 35.9 Å². The van der Waals surface area contributed by atoms with Gasteiger partial charge >= 0.3 is 0 Å². The van der Waals surface area contributed by atoms with E-state index in [1.807, 2.05) is 0 Å². The van der Waals surface area contributed by atoms with Gasteiger partial charge in [-0.15, -0.1) is 0 Å². The van der Waals surface area contributed by atoms with Crippen molar-refractivity contribution in [1.82, 2.24) is 42.5 Å². The van der Waals surface area contributed by atoms with Crippen molar-refractivity contribution in [1.29, 1.82) is 0 Å². The number of aliphatic hydroxyl groups excluding tert-OH is 1. The van der Waals surface area contributed by atoms with Crippen LogP contribution in [0.5, 0.6) is 0 Å². The number of amides is 9. The lowest BCUT2D eigenvalue weighted by Crippen LogP contribution is -2.61. The standard InChI is InChI=1S/C41H70N14O10S2/c1-21(2)17-28-38(62)49-24(9-13-42)34(58)48-26(11-15-44)36(60)54-30(33(47)57)19-66-67-20-31(55-37(61)27(12-16-45)51-41(65)32(46)22(3)56)40(64)50-25(10-14-43)35(59)53-29(39(63)52-28)18-23-7-5-4-6-8-23/h4-8,21-22,24-32,56H,9-20,42-46H2,1-3H3,(H2,47,57)(H,48,58)(H,49,62)(H,50,64)(H,51,65)(H,52,63)(H,53,59)(H,54,60)(H,55,61)/t22-,24+,25+,26+,27+,28+,29-,30-,31+,32+/m1/s1. The highest BCUT2D eigenvalue weighted by Gasteiger charge is 2.35. The van der Waals surface area contributed by atoms with Crippen LogP contribution >= 0.6 is 21.6 Å². The molecule has 0 spiro atoms. The molecule has 24 nitrogen and oxygen atoms in total. The average Bonchev–Trinajstić information content (AvgIpc) is 3.27. The topological polar surface area (TPSA) is 426 Å². The Balaban J connectivity index is 2.70. The van der Waals surface area contributed by atoms with E-state index >= 15 is 0 Å². The fourth-order valence-corrected chi connectivity index (χ4v) is 8.85.